The lowest BCUT2D eigenvalue weighted by atomic mass is 9.98. The fourth-order valence-electron chi connectivity index (χ4n) is 1.93. The van der Waals surface area contributed by atoms with Crippen molar-refractivity contribution < 1.29 is 28.3 Å². The normalized spacial score (nSPS) is 13.7. The maximum Gasteiger partial charge on any atom is 0.313 e. The van der Waals surface area contributed by atoms with E-state index >= 15 is 0 Å². The summed E-state index contributed by atoms with van der Waals surface area (Å²) in [6.45, 7) is 15.8. The van der Waals surface area contributed by atoms with Gasteiger partial charge in [0.15, 0.2) is 6.79 Å². The summed E-state index contributed by atoms with van der Waals surface area (Å²) in [4.78, 5) is 23.3. The van der Waals surface area contributed by atoms with Crippen LogP contribution in [0.15, 0.2) is 12.3 Å². The van der Waals surface area contributed by atoms with Gasteiger partial charge in [0.25, 0.3) is 0 Å². The molecule has 0 heterocycles. The molecule has 0 aromatic rings. The minimum Gasteiger partial charge on any atom is -0.499 e. The Kier molecular flexibility index (Phi) is 11.7. The third kappa shape index (κ3) is 11.2. The molecule has 0 aliphatic heterocycles. The molecule has 0 aromatic heterocycles. The van der Waals surface area contributed by atoms with Crippen LogP contribution >= 0.6 is 8.15 Å². The van der Waals surface area contributed by atoms with Crippen LogP contribution in [0.1, 0.15) is 47.5 Å². The molecule has 0 bridgehead atoms. The Labute approximate surface area is 153 Å². The van der Waals surface area contributed by atoms with Crippen LogP contribution in [0.2, 0.25) is 0 Å². The smallest absolute Gasteiger partial charge is 0.313 e. The number of rotatable bonds is 12. The van der Waals surface area contributed by atoms with Gasteiger partial charge in [-0.1, -0.05) is 6.58 Å². The van der Waals surface area contributed by atoms with E-state index in [-0.39, 0.29) is 24.6 Å². The first kappa shape index (κ1) is 23.9. The molecular formula is C18H33O6P. The van der Waals surface area contributed by atoms with Crippen molar-refractivity contribution in [1.29, 1.82) is 0 Å². The van der Waals surface area contributed by atoms with Gasteiger partial charge in [0.2, 0.25) is 0 Å². The molecule has 0 N–H and O–H groups in total. The fraction of sp³-hybridized carbons (Fsp3) is 0.778. The molecule has 0 amide bonds. The highest BCUT2D eigenvalue weighted by Gasteiger charge is 2.24. The van der Waals surface area contributed by atoms with Gasteiger partial charge in [-0.25, -0.2) is 0 Å². The average molecular weight is 376 g/mol. The molecule has 0 fully saturated rings. The van der Waals surface area contributed by atoms with Crippen LogP contribution in [0.5, 0.6) is 0 Å². The molecule has 146 valence electrons. The second-order valence-corrected chi connectivity index (χ2v) is 8.56. The van der Waals surface area contributed by atoms with E-state index in [0.29, 0.717) is 38.0 Å². The number of hydrogen-bond acceptors (Lipinski definition) is 6. The quantitative estimate of drug-likeness (QED) is 0.221. The number of carbonyl (C=O) groups excluding carboxylic acids is 2. The van der Waals surface area contributed by atoms with Gasteiger partial charge in [0, 0.05) is 26.6 Å². The highest BCUT2D eigenvalue weighted by Crippen LogP contribution is 2.38. The summed E-state index contributed by atoms with van der Waals surface area (Å²) in [6, 6.07) is 0. The van der Waals surface area contributed by atoms with Gasteiger partial charge in [-0.3, -0.25) is 9.59 Å². The van der Waals surface area contributed by atoms with Gasteiger partial charge in [0.1, 0.15) is 0 Å². The van der Waals surface area contributed by atoms with E-state index in [1.54, 1.807) is 27.7 Å². The van der Waals surface area contributed by atoms with Crippen molar-refractivity contribution in [1.82, 2.24) is 0 Å². The summed E-state index contributed by atoms with van der Waals surface area (Å²) >= 11 is 0. The van der Waals surface area contributed by atoms with E-state index in [1.807, 2.05) is 13.6 Å². The molecule has 0 rings (SSSR count). The molecule has 0 spiro atoms. The van der Waals surface area contributed by atoms with Crippen LogP contribution in [-0.2, 0) is 28.3 Å². The number of esters is 2. The summed E-state index contributed by atoms with van der Waals surface area (Å²) in [5.41, 5.74) is -0.550. The Morgan fingerprint density at radius 2 is 1.68 bits per heavy atom. The zero-order valence-electron chi connectivity index (χ0n) is 16.4. The monoisotopic (exact) mass is 376 g/mol. The molecule has 0 radical (unpaired) electrons. The van der Waals surface area contributed by atoms with Crippen LogP contribution in [-0.4, -0.2) is 44.8 Å². The molecule has 0 aliphatic carbocycles. The third-order valence-electron chi connectivity index (χ3n) is 3.34. The van der Waals surface area contributed by atoms with Gasteiger partial charge in [-0.15, -0.1) is 0 Å². The van der Waals surface area contributed by atoms with Crippen LogP contribution in [0, 0.1) is 11.3 Å². The first-order valence-corrected chi connectivity index (χ1v) is 10.5. The van der Waals surface area contributed by atoms with E-state index in [0.717, 1.165) is 0 Å². The van der Waals surface area contributed by atoms with E-state index in [2.05, 4.69) is 6.58 Å². The van der Waals surface area contributed by atoms with Crippen molar-refractivity contribution in [2.45, 2.75) is 47.5 Å². The highest BCUT2D eigenvalue weighted by molar-refractivity contribution is 7.51. The van der Waals surface area contributed by atoms with Crippen LogP contribution in [0.25, 0.3) is 0 Å². The van der Waals surface area contributed by atoms with Crippen molar-refractivity contribution in [3.63, 3.8) is 0 Å². The molecular weight excluding hydrogens is 343 g/mol. The molecule has 7 heteroatoms. The van der Waals surface area contributed by atoms with Gasteiger partial charge < -0.3 is 18.7 Å². The van der Waals surface area contributed by atoms with Gasteiger partial charge >= 0.3 is 11.9 Å². The molecule has 0 aliphatic rings. The summed E-state index contributed by atoms with van der Waals surface area (Å²) in [5.74, 6) is 0.126. The Hall–Kier alpha value is -1.13. The first-order chi connectivity index (χ1) is 11.6. The van der Waals surface area contributed by atoms with Crippen molar-refractivity contribution >= 4 is 20.1 Å². The minimum atomic E-state index is -0.839. The predicted molar refractivity (Wildman–Crippen MR) is 99.3 cm³/mol. The average Bonchev–Trinajstić information content (AvgIpc) is 2.50. The maximum atomic E-state index is 11.7. The van der Waals surface area contributed by atoms with Gasteiger partial charge in [-0.05, 0) is 47.7 Å². The zero-order chi connectivity index (χ0) is 19.5. The lowest BCUT2D eigenvalue weighted by molar-refractivity contribution is -0.159. The standard InChI is InChI=1S/C18H33O6P/c1-8-21-14(3)15(10-11-16(19)22-9-2)12-25(7)24-13-23-17(20)18(4,5)6/h15H,3,8-13H2,1-2,4-7H3. The second-order valence-electron chi connectivity index (χ2n) is 6.68. The molecule has 0 saturated carbocycles. The molecule has 2 unspecified atom stereocenters. The van der Waals surface area contributed by atoms with Gasteiger partial charge in [-0.2, -0.15) is 0 Å². The fourth-order valence-corrected chi connectivity index (χ4v) is 3.28. The molecule has 6 nitrogen and oxygen atoms in total. The number of carbonyl (C=O) groups is 2. The van der Waals surface area contributed by atoms with Crippen molar-refractivity contribution in [2.24, 2.45) is 11.3 Å². The highest BCUT2D eigenvalue weighted by atomic mass is 31.1. The summed E-state index contributed by atoms with van der Waals surface area (Å²) in [5, 5.41) is 0. The van der Waals surface area contributed by atoms with Gasteiger partial charge in [0.05, 0.1) is 24.4 Å². The predicted octanol–water partition coefficient (Wildman–Crippen LogP) is 4.09. The Morgan fingerprint density at radius 1 is 1.08 bits per heavy atom. The van der Waals surface area contributed by atoms with E-state index in [1.165, 1.54) is 0 Å². The topological polar surface area (TPSA) is 71.1 Å². The van der Waals surface area contributed by atoms with Crippen molar-refractivity contribution in [2.75, 3.05) is 32.8 Å². The molecule has 2 atom stereocenters. The zero-order valence-corrected chi connectivity index (χ0v) is 17.3. The maximum absolute atomic E-state index is 11.7. The summed E-state index contributed by atoms with van der Waals surface area (Å²) < 4.78 is 21.2. The van der Waals surface area contributed by atoms with Crippen LogP contribution in [0.4, 0.5) is 0 Å². The third-order valence-corrected chi connectivity index (χ3v) is 4.84. The largest absolute Gasteiger partial charge is 0.499 e. The molecule has 0 saturated heterocycles. The van der Waals surface area contributed by atoms with Crippen LogP contribution in [0.3, 0.4) is 0 Å². The van der Waals surface area contributed by atoms with Crippen LogP contribution < -0.4 is 0 Å². The Balaban J connectivity index is 4.44. The minimum absolute atomic E-state index is 0.00113. The SMILES string of the molecule is C=C(OCC)C(CCC(=O)OCC)CP(C)OCOC(=O)C(C)(C)C. The second kappa shape index (κ2) is 12.3. The lowest BCUT2D eigenvalue weighted by Gasteiger charge is -2.23. The number of ether oxygens (including phenoxy) is 3. The van der Waals surface area contributed by atoms with E-state index < -0.39 is 13.6 Å². The summed E-state index contributed by atoms with van der Waals surface area (Å²) in [6.07, 6.45) is 1.59. The first-order valence-electron chi connectivity index (χ1n) is 8.60. The molecule has 25 heavy (non-hydrogen) atoms. The summed E-state index contributed by atoms with van der Waals surface area (Å²) in [7, 11) is -0.839. The van der Waals surface area contributed by atoms with E-state index in [9.17, 15) is 9.59 Å². The molecule has 0 aromatic carbocycles. The van der Waals surface area contributed by atoms with E-state index in [4.69, 9.17) is 18.7 Å². The Bertz CT molecular complexity index is 430. The number of hydrogen-bond donors (Lipinski definition) is 0. The van der Waals surface area contributed by atoms with Crippen molar-refractivity contribution in [3.05, 3.63) is 12.3 Å². The van der Waals surface area contributed by atoms with Crippen molar-refractivity contribution in [3.8, 4) is 0 Å². The number of allylic oxidation sites excluding steroid dienone is 1. The lowest BCUT2D eigenvalue weighted by Crippen LogP contribution is -2.23. The Morgan fingerprint density at radius 3 is 2.20 bits per heavy atom.